The summed E-state index contributed by atoms with van der Waals surface area (Å²) in [5, 5.41) is 0. The topological polar surface area (TPSA) is 69.2 Å². The molecule has 6 nitrogen and oxygen atoms in total. The van der Waals surface area contributed by atoms with Gasteiger partial charge < -0.3 is 28.6 Å². The Morgan fingerprint density at radius 3 is 2.36 bits per heavy atom. The van der Waals surface area contributed by atoms with Crippen LogP contribution >= 0.6 is 28.7 Å². The highest BCUT2D eigenvalue weighted by atomic mass is 33.1. The minimum Gasteiger partial charge on any atom is -0.661 e. The van der Waals surface area contributed by atoms with Crippen molar-refractivity contribution in [2.75, 3.05) is 24.3 Å². The summed E-state index contributed by atoms with van der Waals surface area (Å²) in [7, 11) is 0. The van der Waals surface area contributed by atoms with E-state index in [1.807, 2.05) is 27.7 Å². The maximum Gasteiger partial charge on any atom is 0.188 e. The summed E-state index contributed by atoms with van der Waals surface area (Å²) in [6, 6.07) is 0. The van der Waals surface area contributed by atoms with E-state index >= 15 is 0 Å². The van der Waals surface area contributed by atoms with Crippen LogP contribution in [0.1, 0.15) is 34.1 Å². The van der Waals surface area contributed by atoms with E-state index in [1.165, 1.54) is 0 Å². The van der Waals surface area contributed by atoms with Crippen molar-refractivity contribution in [3.05, 3.63) is 0 Å². The molecule has 4 aliphatic heterocycles. The van der Waals surface area contributed by atoms with E-state index in [0.29, 0.717) is 12.8 Å². The molecule has 0 spiro atoms. The van der Waals surface area contributed by atoms with Gasteiger partial charge in [0.05, 0.1) is 30.7 Å². The van der Waals surface area contributed by atoms with E-state index in [-0.39, 0.29) is 24.2 Å². The number of hydrogen-bond acceptors (Lipinski definition) is 8. The van der Waals surface area contributed by atoms with Gasteiger partial charge in [0.1, 0.15) is 12.2 Å². The molecule has 0 bridgehead atoms. The molecule has 0 saturated carbocycles. The highest BCUT2D eigenvalue weighted by molar-refractivity contribution is 8.92. The van der Waals surface area contributed by atoms with E-state index < -0.39 is 23.8 Å². The van der Waals surface area contributed by atoms with Gasteiger partial charge in [-0.1, -0.05) is 0 Å². The Morgan fingerprint density at radius 1 is 1.00 bits per heavy atom. The first-order valence-electron chi connectivity index (χ1n) is 8.87. The van der Waals surface area contributed by atoms with Crippen LogP contribution in [0.2, 0.25) is 0 Å². The molecule has 9 heteroatoms. The lowest BCUT2D eigenvalue weighted by molar-refractivity contribution is -0.226. The van der Waals surface area contributed by atoms with E-state index in [2.05, 4.69) is 0 Å². The molecule has 0 aliphatic carbocycles. The van der Waals surface area contributed by atoms with Gasteiger partial charge in [0.2, 0.25) is 0 Å². The van der Waals surface area contributed by atoms with Crippen molar-refractivity contribution < 1.29 is 28.6 Å². The van der Waals surface area contributed by atoms with Crippen LogP contribution < -0.4 is 4.89 Å². The average Bonchev–Trinajstić information content (AvgIpc) is 3.11. The minimum atomic E-state index is -2.34. The minimum absolute atomic E-state index is 0.0155. The summed E-state index contributed by atoms with van der Waals surface area (Å²) in [6.07, 6.45) is 0.670. The highest BCUT2D eigenvalue weighted by Crippen LogP contribution is 2.76. The molecule has 0 aromatic carbocycles. The molecule has 0 amide bonds. The Labute approximate surface area is 157 Å². The fourth-order valence-electron chi connectivity index (χ4n) is 3.91. The van der Waals surface area contributed by atoms with Gasteiger partial charge >= 0.3 is 0 Å². The molecule has 4 fully saturated rings. The second-order valence-corrected chi connectivity index (χ2v) is 16.6. The summed E-state index contributed by atoms with van der Waals surface area (Å²) in [5.41, 5.74) is 0. The monoisotopic (exact) mass is 410 g/mol. The Balaban J connectivity index is 1.54. The zero-order chi connectivity index (χ0) is 17.9. The number of ether oxygens (including phenoxy) is 5. The maximum atomic E-state index is 13.3. The molecule has 4 aliphatic rings. The van der Waals surface area contributed by atoms with Crippen LogP contribution in [0, 0.1) is 5.92 Å². The predicted molar refractivity (Wildman–Crippen MR) is 98.4 cm³/mol. The molecule has 0 radical (unpaired) electrons. The number of rotatable bonds is 3. The lowest BCUT2D eigenvalue weighted by atomic mass is 9.97. The normalized spacial score (nSPS) is 44.8. The fraction of sp³-hybridized carbons (Fsp3) is 1.00. The summed E-state index contributed by atoms with van der Waals surface area (Å²) in [5.74, 6) is -1.71. The van der Waals surface area contributed by atoms with E-state index in [0.717, 1.165) is 17.9 Å². The largest absolute Gasteiger partial charge is 0.661 e. The molecule has 25 heavy (non-hydrogen) atoms. The first-order chi connectivity index (χ1) is 11.7. The van der Waals surface area contributed by atoms with Gasteiger partial charge in [-0.2, -0.15) is 0 Å². The molecule has 0 N–H and O–H groups in total. The SMILES string of the molecule is CC1(C)O[C@H]2O[C@@H]([C@H]3COC(C)(C)O3)[C@H](C[P+]3([O-])SCCCS3)[C@@H]2O1. The predicted octanol–water partition coefficient (Wildman–Crippen LogP) is 2.62. The third kappa shape index (κ3) is 4.03. The van der Waals surface area contributed by atoms with Crippen LogP contribution in [0.3, 0.4) is 0 Å². The zero-order valence-corrected chi connectivity index (χ0v) is 17.7. The third-order valence-electron chi connectivity index (χ3n) is 4.92. The van der Waals surface area contributed by atoms with E-state index in [4.69, 9.17) is 23.7 Å². The van der Waals surface area contributed by atoms with E-state index in [9.17, 15) is 4.89 Å². The van der Waals surface area contributed by atoms with Crippen molar-refractivity contribution in [3.8, 4) is 0 Å². The van der Waals surface area contributed by atoms with Crippen LogP contribution in [0.5, 0.6) is 0 Å². The second-order valence-electron chi connectivity index (χ2n) is 7.91. The van der Waals surface area contributed by atoms with Crippen molar-refractivity contribution in [2.45, 2.75) is 70.3 Å². The molecule has 144 valence electrons. The fourth-order valence-corrected chi connectivity index (χ4v) is 12.8. The van der Waals surface area contributed by atoms with E-state index in [1.54, 1.807) is 22.8 Å². The molecular formula is C16H27O6PS2. The van der Waals surface area contributed by atoms with Gasteiger partial charge in [-0.15, -0.1) is 0 Å². The second kappa shape index (κ2) is 6.75. The third-order valence-corrected chi connectivity index (χ3v) is 13.8. The zero-order valence-electron chi connectivity index (χ0n) is 15.1. The van der Waals surface area contributed by atoms with Crippen molar-refractivity contribution in [3.63, 3.8) is 0 Å². The van der Waals surface area contributed by atoms with Crippen molar-refractivity contribution in [2.24, 2.45) is 5.92 Å². The molecular weight excluding hydrogens is 383 g/mol. The van der Waals surface area contributed by atoms with Crippen LogP contribution in [0.4, 0.5) is 0 Å². The molecule has 4 heterocycles. The average molecular weight is 410 g/mol. The van der Waals surface area contributed by atoms with Crippen LogP contribution in [-0.2, 0) is 23.7 Å². The highest BCUT2D eigenvalue weighted by Gasteiger charge is 2.60. The van der Waals surface area contributed by atoms with Gasteiger partial charge in [0.15, 0.2) is 17.9 Å². The van der Waals surface area contributed by atoms with Crippen molar-refractivity contribution in [1.82, 2.24) is 0 Å². The van der Waals surface area contributed by atoms with Gasteiger partial charge in [-0.05, 0) is 34.1 Å². The summed E-state index contributed by atoms with van der Waals surface area (Å²) in [4.78, 5) is 13.3. The smallest absolute Gasteiger partial charge is 0.188 e. The van der Waals surface area contributed by atoms with Gasteiger partial charge in [-0.25, -0.2) is 0 Å². The molecule has 0 aromatic heterocycles. The molecule has 0 unspecified atom stereocenters. The van der Waals surface area contributed by atoms with Crippen LogP contribution in [-0.4, -0.2) is 60.5 Å². The number of fused-ring (bicyclic) bond motifs is 1. The Hall–Kier alpha value is 0.890. The van der Waals surface area contributed by atoms with Gasteiger partial charge in [0, 0.05) is 34.3 Å². The molecule has 4 saturated heterocycles. The number of hydrogen-bond donors (Lipinski definition) is 0. The Morgan fingerprint density at radius 2 is 1.72 bits per heavy atom. The lowest BCUT2D eigenvalue weighted by Crippen LogP contribution is -2.41. The van der Waals surface area contributed by atoms with Crippen LogP contribution in [0.25, 0.3) is 0 Å². The van der Waals surface area contributed by atoms with Gasteiger partial charge in [0.25, 0.3) is 0 Å². The van der Waals surface area contributed by atoms with Gasteiger partial charge in [-0.3, -0.25) is 0 Å². The van der Waals surface area contributed by atoms with Crippen molar-refractivity contribution >= 4 is 28.7 Å². The first-order valence-corrected chi connectivity index (χ1v) is 13.9. The lowest BCUT2D eigenvalue weighted by Gasteiger charge is -2.36. The van der Waals surface area contributed by atoms with Crippen LogP contribution in [0.15, 0.2) is 0 Å². The Bertz CT molecular complexity index is 513. The standard InChI is InChI=1S/C16H27O6PS2/c1-15(2)18-8-11(20-15)12-10(9-23(17)24-6-5-7-25-23)13-14(19-12)22-16(3,4)21-13/h10-14H,5-9H2,1-4H3/t10-,11+,12+,13-,14+/m0/s1. The maximum absolute atomic E-state index is 13.3. The first kappa shape index (κ1) is 19.2. The molecule has 4 rings (SSSR count). The van der Waals surface area contributed by atoms with Crippen molar-refractivity contribution in [1.29, 1.82) is 0 Å². The molecule has 0 aromatic rings. The summed E-state index contributed by atoms with van der Waals surface area (Å²) >= 11 is 3.25. The summed E-state index contributed by atoms with van der Waals surface area (Å²) < 4.78 is 30.0. The molecule has 5 atom stereocenters. The Kier molecular flexibility index (Phi) is 5.19. The summed E-state index contributed by atoms with van der Waals surface area (Å²) in [6.45, 7) is 8.07. The quantitative estimate of drug-likeness (QED) is 0.658.